The van der Waals surface area contributed by atoms with E-state index in [9.17, 15) is 19.5 Å². The van der Waals surface area contributed by atoms with Crippen LogP contribution in [0.4, 0.5) is 0 Å². The summed E-state index contributed by atoms with van der Waals surface area (Å²) in [7, 11) is 0. The normalized spacial score (nSPS) is 24.0. The summed E-state index contributed by atoms with van der Waals surface area (Å²) < 4.78 is 0. The van der Waals surface area contributed by atoms with E-state index >= 15 is 0 Å². The molecule has 7 nitrogen and oxygen atoms in total. The number of amides is 1. The molecular formula is C15H17NO6. The molecule has 0 aromatic heterocycles. The quantitative estimate of drug-likeness (QED) is 0.631. The summed E-state index contributed by atoms with van der Waals surface area (Å²) in [6.07, 6.45) is -0.214. The second-order valence-electron chi connectivity index (χ2n) is 5.43. The number of hydrogen-bond donors (Lipinski definition) is 4. The molecule has 0 unspecified atom stereocenters. The third-order valence-corrected chi connectivity index (χ3v) is 3.93. The molecule has 3 atom stereocenters. The van der Waals surface area contributed by atoms with Gasteiger partial charge in [0.05, 0.1) is 17.6 Å². The van der Waals surface area contributed by atoms with Gasteiger partial charge < -0.3 is 20.6 Å². The maximum Gasteiger partial charge on any atom is 0.335 e. The monoisotopic (exact) mass is 307 g/mol. The van der Waals surface area contributed by atoms with Crippen LogP contribution in [0.5, 0.6) is 0 Å². The van der Waals surface area contributed by atoms with Crippen LogP contribution in [0.1, 0.15) is 33.6 Å². The summed E-state index contributed by atoms with van der Waals surface area (Å²) in [5, 5.41) is 30.2. The van der Waals surface area contributed by atoms with E-state index in [1.165, 1.54) is 24.3 Å². The topological polar surface area (TPSA) is 124 Å². The van der Waals surface area contributed by atoms with E-state index in [1.54, 1.807) is 0 Å². The van der Waals surface area contributed by atoms with Gasteiger partial charge in [-0.2, -0.15) is 0 Å². The number of rotatable bonds is 5. The lowest BCUT2D eigenvalue weighted by Crippen LogP contribution is -2.32. The minimum absolute atomic E-state index is 0.0899. The Bertz CT molecular complexity index is 582. The molecule has 0 aliphatic heterocycles. The first-order valence-corrected chi connectivity index (χ1v) is 6.91. The van der Waals surface area contributed by atoms with Gasteiger partial charge in [-0.3, -0.25) is 9.59 Å². The van der Waals surface area contributed by atoms with E-state index in [4.69, 9.17) is 10.2 Å². The Morgan fingerprint density at radius 3 is 2.14 bits per heavy atom. The second-order valence-corrected chi connectivity index (χ2v) is 5.43. The van der Waals surface area contributed by atoms with Crippen LogP contribution in [-0.4, -0.2) is 45.8 Å². The Morgan fingerprint density at radius 1 is 1.05 bits per heavy atom. The number of carbonyl (C=O) groups is 3. The van der Waals surface area contributed by atoms with E-state index < -0.39 is 24.0 Å². The molecule has 1 aliphatic carbocycles. The highest BCUT2D eigenvalue weighted by atomic mass is 16.4. The fourth-order valence-electron chi connectivity index (χ4n) is 2.61. The van der Waals surface area contributed by atoms with Gasteiger partial charge in [0.15, 0.2) is 0 Å². The molecule has 1 saturated carbocycles. The Kier molecular flexibility index (Phi) is 4.77. The average molecular weight is 307 g/mol. The smallest absolute Gasteiger partial charge is 0.335 e. The molecule has 1 aromatic carbocycles. The van der Waals surface area contributed by atoms with Crippen LogP contribution in [-0.2, 0) is 4.79 Å². The van der Waals surface area contributed by atoms with Crippen LogP contribution >= 0.6 is 0 Å². The molecule has 0 spiro atoms. The number of aliphatic hydroxyl groups is 1. The molecule has 1 fully saturated rings. The molecule has 0 saturated heterocycles. The van der Waals surface area contributed by atoms with E-state index in [0.717, 1.165) is 0 Å². The van der Waals surface area contributed by atoms with Gasteiger partial charge in [0.2, 0.25) is 0 Å². The molecule has 1 aromatic rings. The van der Waals surface area contributed by atoms with Crippen molar-refractivity contribution in [2.45, 2.75) is 18.9 Å². The molecule has 1 amide bonds. The molecule has 7 heteroatoms. The fraction of sp³-hybridized carbons (Fsp3) is 0.400. The Hall–Kier alpha value is -2.41. The molecule has 0 bridgehead atoms. The highest BCUT2D eigenvalue weighted by Gasteiger charge is 2.36. The van der Waals surface area contributed by atoms with Crippen molar-refractivity contribution in [3.05, 3.63) is 35.4 Å². The van der Waals surface area contributed by atoms with E-state index in [-0.39, 0.29) is 30.4 Å². The number of carboxylic acid groups (broad SMARTS) is 2. The van der Waals surface area contributed by atoms with Crippen molar-refractivity contribution < 1.29 is 29.7 Å². The number of nitrogens with one attached hydrogen (secondary N) is 1. The van der Waals surface area contributed by atoms with Crippen molar-refractivity contribution in [3.63, 3.8) is 0 Å². The third kappa shape index (κ3) is 3.62. The maximum atomic E-state index is 11.9. The zero-order valence-electron chi connectivity index (χ0n) is 11.7. The van der Waals surface area contributed by atoms with Gasteiger partial charge >= 0.3 is 11.9 Å². The molecular weight excluding hydrogens is 290 g/mol. The number of carbonyl (C=O) groups excluding carboxylic acids is 1. The van der Waals surface area contributed by atoms with E-state index in [0.29, 0.717) is 12.0 Å². The summed E-state index contributed by atoms with van der Waals surface area (Å²) >= 11 is 0. The largest absolute Gasteiger partial charge is 0.481 e. The van der Waals surface area contributed by atoms with Crippen molar-refractivity contribution in [2.24, 2.45) is 11.8 Å². The van der Waals surface area contributed by atoms with Crippen molar-refractivity contribution >= 4 is 17.8 Å². The van der Waals surface area contributed by atoms with Gasteiger partial charge in [-0.1, -0.05) is 0 Å². The van der Waals surface area contributed by atoms with Crippen molar-refractivity contribution in [1.82, 2.24) is 5.32 Å². The molecule has 0 radical (unpaired) electrons. The number of aliphatic hydroxyl groups excluding tert-OH is 1. The number of aliphatic carboxylic acids is 1. The van der Waals surface area contributed by atoms with Gasteiger partial charge in [-0.05, 0) is 37.1 Å². The summed E-state index contributed by atoms with van der Waals surface area (Å²) in [5.41, 5.74) is 0.402. The zero-order chi connectivity index (χ0) is 16.3. The Balaban J connectivity index is 1.90. The minimum Gasteiger partial charge on any atom is -0.481 e. The van der Waals surface area contributed by atoms with Crippen LogP contribution in [0.2, 0.25) is 0 Å². The molecule has 2 rings (SSSR count). The fourth-order valence-corrected chi connectivity index (χ4v) is 2.61. The van der Waals surface area contributed by atoms with Gasteiger partial charge in [0.1, 0.15) is 0 Å². The first-order valence-electron chi connectivity index (χ1n) is 6.91. The van der Waals surface area contributed by atoms with Crippen LogP contribution < -0.4 is 5.32 Å². The van der Waals surface area contributed by atoms with Gasteiger partial charge in [-0.15, -0.1) is 0 Å². The van der Waals surface area contributed by atoms with E-state index in [2.05, 4.69) is 5.32 Å². The lowest BCUT2D eigenvalue weighted by atomic mass is 10.0. The number of hydrogen-bond acceptors (Lipinski definition) is 4. The van der Waals surface area contributed by atoms with Gasteiger partial charge in [-0.25, -0.2) is 4.79 Å². The average Bonchev–Trinajstić information content (AvgIpc) is 2.86. The lowest BCUT2D eigenvalue weighted by Gasteiger charge is -2.15. The number of carboxylic acids is 2. The van der Waals surface area contributed by atoms with Crippen LogP contribution in [0.15, 0.2) is 24.3 Å². The number of benzene rings is 1. The minimum atomic E-state index is -1.07. The SMILES string of the molecule is O=C(O)c1ccc(C(=O)NC[C@H]2C[C@H](C(=O)O)C[C@H]2O)cc1. The first-order chi connectivity index (χ1) is 10.4. The van der Waals surface area contributed by atoms with Crippen LogP contribution in [0.3, 0.4) is 0 Å². The summed E-state index contributed by atoms with van der Waals surface area (Å²) in [4.78, 5) is 33.6. The molecule has 4 N–H and O–H groups in total. The lowest BCUT2D eigenvalue weighted by molar-refractivity contribution is -0.141. The highest BCUT2D eigenvalue weighted by molar-refractivity contribution is 5.95. The molecule has 22 heavy (non-hydrogen) atoms. The van der Waals surface area contributed by atoms with E-state index in [1.807, 2.05) is 0 Å². The highest BCUT2D eigenvalue weighted by Crippen LogP contribution is 2.31. The maximum absolute atomic E-state index is 11.9. The third-order valence-electron chi connectivity index (χ3n) is 3.93. The zero-order valence-corrected chi connectivity index (χ0v) is 11.7. The predicted molar refractivity (Wildman–Crippen MR) is 75.6 cm³/mol. The van der Waals surface area contributed by atoms with Gasteiger partial charge in [0.25, 0.3) is 5.91 Å². The van der Waals surface area contributed by atoms with Crippen molar-refractivity contribution in [2.75, 3.05) is 6.54 Å². The predicted octanol–water partition coefficient (Wildman–Crippen LogP) is 0.586. The summed E-state index contributed by atoms with van der Waals surface area (Å²) in [6, 6.07) is 5.48. The standard InChI is InChI=1S/C15H17NO6/c17-12-6-10(15(21)22)5-11(12)7-16-13(18)8-1-3-9(4-2-8)14(19)20/h1-4,10-12,17H,5-7H2,(H,16,18)(H,19,20)(H,21,22)/t10-,11+,12+/m0/s1. The Morgan fingerprint density at radius 2 is 1.64 bits per heavy atom. The Labute approximate surface area is 126 Å². The number of aromatic carboxylic acids is 1. The molecule has 1 aliphatic rings. The van der Waals surface area contributed by atoms with Crippen molar-refractivity contribution in [3.8, 4) is 0 Å². The molecule has 0 heterocycles. The molecule has 118 valence electrons. The second kappa shape index (κ2) is 6.57. The van der Waals surface area contributed by atoms with Crippen LogP contribution in [0, 0.1) is 11.8 Å². The van der Waals surface area contributed by atoms with Crippen molar-refractivity contribution in [1.29, 1.82) is 0 Å². The van der Waals surface area contributed by atoms with Crippen LogP contribution in [0.25, 0.3) is 0 Å². The summed E-state index contributed by atoms with van der Waals surface area (Å²) in [6.45, 7) is 0.185. The first kappa shape index (κ1) is 16.0. The summed E-state index contributed by atoms with van der Waals surface area (Å²) in [5.74, 6) is -3.25. The van der Waals surface area contributed by atoms with Gasteiger partial charge in [0, 0.05) is 18.0 Å².